The molecule has 2 aromatic rings. The van der Waals surface area contributed by atoms with Crippen molar-refractivity contribution < 1.29 is 4.79 Å². The first kappa shape index (κ1) is 12.4. The quantitative estimate of drug-likeness (QED) is 0.827. The molecule has 0 radical (unpaired) electrons. The van der Waals surface area contributed by atoms with Gasteiger partial charge >= 0.3 is 0 Å². The van der Waals surface area contributed by atoms with E-state index in [0.29, 0.717) is 5.56 Å². The normalized spacial score (nSPS) is 10.3. The smallest absolute Gasteiger partial charge is 0.263 e. The highest BCUT2D eigenvalue weighted by Gasteiger charge is 2.08. The van der Waals surface area contributed by atoms with E-state index in [-0.39, 0.29) is 5.91 Å². The molecular weight excluding hydrogens is 226 g/mol. The lowest BCUT2D eigenvalue weighted by Gasteiger charge is -2.20. The van der Waals surface area contributed by atoms with Crippen LogP contribution in [0.15, 0.2) is 43.0 Å². The Morgan fingerprint density at radius 3 is 2.39 bits per heavy atom. The van der Waals surface area contributed by atoms with Gasteiger partial charge in [0.15, 0.2) is 0 Å². The summed E-state index contributed by atoms with van der Waals surface area (Å²) in [6.07, 6.45) is 4.77. The third-order valence-corrected chi connectivity index (χ3v) is 2.98. The van der Waals surface area contributed by atoms with E-state index in [9.17, 15) is 4.79 Å². The molecule has 4 nitrogen and oxygen atoms in total. The van der Waals surface area contributed by atoms with Gasteiger partial charge in [0.1, 0.15) is 6.33 Å². The second-order valence-corrected chi connectivity index (χ2v) is 3.99. The van der Waals surface area contributed by atoms with Gasteiger partial charge in [-0.2, -0.15) is 0 Å². The average molecular weight is 243 g/mol. The maximum atomic E-state index is 12.0. The Hall–Kier alpha value is -2.10. The van der Waals surface area contributed by atoms with Crippen LogP contribution in [0.1, 0.15) is 24.2 Å². The standard InChI is InChI=1S/C14H17N3O/c1-3-16(4-2)13-7-5-12(6-8-13)14(18)17-10-9-15-11-17/h5-11H,3-4H2,1-2H3. The Labute approximate surface area is 107 Å². The number of hydrogen-bond acceptors (Lipinski definition) is 3. The number of rotatable bonds is 4. The highest BCUT2D eigenvalue weighted by molar-refractivity contribution is 5.96. The molecule has 0 atom stereocenters. The number of carbonyl (C=O) groups excluding carboxylic acids is 1. The molecular formula is C14H17N3O. The van der Waals surface area contributed by atoms with E-state index in [1.807, 2.05) is 24.3 Å². The van der Waals surface area contributed by atoms with Crippen molar-refractivity contribution in [3.63, 3.8) is 0 Å². The van der Waals surface area contributed by atoms with E-state index in [2.05, 4.69) is 23.7 Å². The van der Waals surface area contributed by atoms with Crippen LogP contribution in [-0.2, 0) is 0 Å². The third kappa shape index (κ3) is 2.42. The summed E-state index contributed by atoms with van der Waals surface area (Å²) in [5.41, 5.74) is 1.81. The number of aromatic nitrogens is 2. The highest BCUT2D eigenvalue weighted by Crippen LogP contribution is 2.15. The minimum Gasteiger partial charge on any atom is -0.372 e. The van der Waals surface area contributed by atoms with Crippen molar-refractivity contribution in [1.82, 2.24) is 9.55 Å². The van der Waals surface area contributed by atoms with Crippen LogP contribution in [0.25, 0.3) is 0 Å². The Balaban J connectivity index is 2.20. The van der Waals surface area contributed by atoms with Crippen LogP contribution >= 0.6 is 0 Å². The molecule has 0 amide bonds. The number of nitrogens with zero attached hydrogens (tertiary/aromatic N) is 3. The molecule has 0 N–H and O–H groups in total. The fourth-order valence-electron chi connectivity index (χ4n) is 1.93. The first-order chi connectivity index (χ1) is 8.76. The average Bonchev–Trinajstić information content (AvgIpc) is 2.94. The minimum atomic E-state index is -0.0569. The molecule has 1 heterocycles. The van der Waals surface area contributed by atoms with Gasteiger partial charge in [0.25, 0.3) is 5.91 Å². The van der Waals surface area contributed by atoms with E-state index < -0.39 is 0 Å². The maximum Gasteiger partial charge on any atom is 0.263 e. The first-order valence-corrected chi connectivity index (χ1v) is 6.14. The van der Waals surface area contributed by atoms with E-state index in [1.54, 1.807) is 12.4 Å². The van der Waals surface area contributed by atoms with Crippen molar-refractivity contribution in [2.45, 2.75) is 13.8 Å². The Kier molecular flexibility index (Phi) is 3.77. The highest BCUT2D eigenvalue weighted by atomic mass is 16.2. The molecule has 2 rings (SSSR count). The Bertz CT molecular complexity index is 498. The number of anilines is 1. The fourth-order valence-corrected chi connectivity index (χ4v) is 1.93. The summed E-state index contributed by atoms with van der Waals surface area (Å²) in [7, 11) is 0. The van der Waals surface area contributed by atoms with Gasteiger partial charge in [-0.05, 0) is 38.1 Å². The first-order valence-electron chi connectivity index (χ1n) is 6.14. The molecule has 0 aliphatic rings. The summed E-state index contributed by atoms with van der Waals surface area (Å²) < 4.78 is 1.48. The molecule has 0 fully saturated rings. The molecule has 4 heteroatoms. The molecule has 94 valence electrons. The molecule has 0 aliphatic carbocycles. The van der Waals surface area contributed by atoms with Crippen molar-refractivity contribution >= 4 is 11.6 Å². The molecule has 18 heavy (non-hydrogen) atoms. The lowest BCUT2D eigenvalue weighted by atomic mass is 10.2. The summed E-state index contributed by atoms with van der Waals surface area (Å²) in [6.45, 7) is 6.17. The third-order valence-electron chi connectivity index (χ3n) is 2.98. The van der Waals surface area contributed by atoms with E-state index in [4.69, 9.17) is 0 Å². The number of carbonyl (C=O) groups is 1. The number of imidazole rings is 1. The SMILES string of the molecule is CCN(CC)c1ccc(C(=O)n2ccnc2)cc1. The largest absolute Gasteiger partial charge is 0.372 e. The summed E-state index contributed by atoms with van der Waals surface area (Å²) >= 11 is 0. The maximum absolute atomic E-state index is 12.0. The second-order valence-electron chi connectivity index (χ2n) is 3.99. The van der Waals surface area contributed by atoms with Gasteiger partial charge in [0.2, 0.25) is 0 Å². The van der Waals surface area contributed by atoms with Gasteiger partial charge in [-0.3, -0.25) is 9.36 Å². The lowest BCUT2D eigenvalue weighted by molar-refractivity contribution is 0.0960. The van der Waals surface area contributed by atoms with Crippen molar-refractivity contribution in [1.29, 1.82) is 0 Å². The van der Waals surface area contributed by atoms with Crippen molar-refractivity contribution in [3.8, 4) is 0 Å². The van der Waals surface area contributed by atoms with Crippen LogP contribution in [-0.4, -0.2) is 28.5 Å². The van der Waals surface area contributed by atoms with Gasteiger partial charge in [0.05, 0.1) is 0 Å². The van der Waals surface area contributed by atoms with Gasteiger partial charge in [-0.15, -0.1) is 0 Å². The molecule has 0 spiro atoms. The number of benzene rings is 1. The Morgan fingerprint density at radius 1 is 1.22 bits per heavy atom. The summed E-state index contributed by atoms with van der Waals surface area (Å²) in [6, 6.07) is 7.68. The summed E-state index contributed by atoms with van der Waals surface area (Å²) in [5, 5.41) is 0. The molecule has 0 aliphatic heterocycles. The van der Waals surface area contributed by atoms with Gasteiger partial charge in [-0.1, -0.05) is 0 Å². The Morgan fingerprint density at radius 2 is 1.89 bits per heavy atom. The van der Waals surface area contributed by atoms with Crippen LogP contribution in [0.2, 0.25) is 0 Å². The van der Waals surface area contributed by atoms with Crippen molar-refractivity contribution in [2.75, 3.05) is 18.0 Å². The molecule has 0 saturated heterocycles. The van der Waals surface area contributed by atoms with Crippen LogP contribution in [0.3, 0.4) is 0 Å². The number of hydrogen-bond donors (Lipinski definition) is 0. The fraction of sp³-hybridized carbons (Fsp3) is 0.286. The molecule has 0 saturated carbocycles. The van der Waals surface area contributed by atoms with Crippen molar-refractivity contribution in [2.24, 2.45) is 0 Å². The van der Waals surface area contributed by atoms with Crippen LogP contribution in [0.4, 0.5) is 5.69 Å². The van der Waals surface area contributed by atoms with Crippen LogP contribution in [0.5, 0.6) is 0 Å². The van der Waals surface area contributed by atoms with E-state index in [1.165, 1.54) is 10.9 Å². The zero-order valence-corrected chi connectivity index (χ0v) is 10.7. The second kappa shape index (κ2) is 5.49. The molecule has 1 aromatic carbocycles. The van der Waals surface area contributed by atoms with E-state index >= 15 is 0 Å². The van der Waals surface area contributed by atoms with Crippen LogP contribution in [0, 0.1) is 0 Å². The monoisotopic (exact) mass is 243 g/mol. The molecule has 0 bridgehead atoms. The van der Waals surface area contributed by atoms with Gasteiger partial charge in [0, 0.05) is 36.7 Å². The van der Waals surface area contributed by atoms with Gasteiger partial charge < -0.3 is 4.90 Å². The van der Waals surface area contributed by atoms with Gasteiger partial charge in [-0.25, -0.2) is 4.98 Å². The molecule has 1 aromatic heterocycles. The van der Waals surface area contributed by atoms with E-state index in [0.717, 1.165) is 18.8 Å². The summed E-state index contributed by atoms with van der Waals surface area (Å²) in [5.74, 6) is -0.0569. The lowest BCUT2D eigenvalue weighted by Crippen LogP contribution is -2.21. The molecule has 0 unspecified atom stereocenters. The zero-order chi connectivity index (χ0) is 13.0. The van der Waals surface area contributed by atoms with Crippen LogP contribution < -0.4 is 4.90 Å². The summed E-state index contributed by atoms with van der Waals surface area (Å²) in [4.78, 5) is 18.2. The van der Waals surface area contributed by atoms with Crippen molar-refractivity contribution in [3.05, 3.63) is 48.5 Å². The topological polar surface area (TPSA) is 38.1 Å². The minimum absolute atomic E-state index is 0.0569. The zero-order valence-electron chi connectivity index (χ0n) is 10.7. The predicted molar refractivity (Wildman–Crippen MR) is 72.0 cm³/mol. The predicted octanol–water partition coefficient (Wildman–Crippen LogP) is 2.42.